The Hall–Kier alpha value is -2.11. The molecule has 1 aromatic heterocycles. The second kappa shape index (κ2) is 5.26. The smallest absolute Gasteiger partial charge is 0.270 e. The number of aromatic nitrogens is 1. The topological polar surface area (TPSA) is 77.1 Å². The van der Waals surface area contributed by atoms with Crippen molar-refractivity contribution in [3.8, 4) is 5.69 Å². The van der Waals surface area contributed by atoms with Gasteiger partial charge in [0.05, 0.1) is 0 Å². The van der Waals surface area contributed by atoms with Gasteiger partial charge < -0.3 is 4.57 Å². The molecule has 2 rings (SSSR count). The molecule has 0 radical (unpaired) electrons. The van der Waals surface area contributed by atoms with Crippen molar-refractivity contribution >= 4 is 17.5 Å². The molecule has 0 saturated heterocycles. The zero-order chi connectivity index (χ0) is 14.0. The van der Waals surface area contributed by atoms with E-state index in [1.807, 2.05) is 11.5 Å². The molecule has 19 heavy (non-hydrogen) atoms. The van der Waals surface area contributed by atoms with Crippen molar-refractivity contribution in [1.82, 2.24) is 9.99 Å². The lowest BCUT2D eigenvalue weighted by Gasteiger charge is -2.12. The van der Waals surface area contributed by atoms with Gasteiger partial charge in [-0.05, 0) is 25.1 Å². The first-order valence-corrected chi connectivity index (χ1v) is 5.91. The lowest BCUT2D eigenvalue weighted by Crippen LogP contribution is -2.34. The van der Waals surface area contributed by atoms with Gasteiger partial charge in [-0.2, -0.15) is 0 Å². The van der Waals surface area contributed by atoms with Crippen LogP contribution in [0.25, 0.3) is 5.69 Å². The normalized spacial score (nSPS) is 10.3. The van der Waals surface area contributed by atoms with Gasteiger partial charge in [-0.15, -0.1) is 0 Å². The second-order valence-corrected chi connectivity index (χ2v) is 4.45. The summed E-state index contributed by atoms with van der Waals surface area (Å²) in [6.07, 6.45) is 1.45. The van der Waals surface area contributed by atoms with E-state index in [2.05, 4.69) is 0 Å². The van der Waals surface area contributed by atoms with Gasteiger partial charge in [0.2, 0.25) is 0 Å². The molecule has 98 valence electrons. The van der Waals surface area contributed by atoms with Gasteiger partial charge in [-0.1, -0.05) is 17.7 Å². The first kappa shape index (κ1) is 13.3. The highest BCUT2D eigenvalue weighted by molar-refractivity contribution is 6.30. The van der Waals surface area contributed by atoms with E-state index in [-0.39, 0.29) is 11.0 Å². The third-order valence-corrected chi connectivity index (χ3v) is 2.94. The van der Waals surface area contributed by atoms with Crippen LogP contribution < -0.4 is 16.7 Å². The van der Waals surface area contributed by atoms with E-state index in [1.165, 1.54) is 12.3 Å². The van der Waals surface area contributed by atoms with Crippen molar-refractivity contribution in [2.45, 2.75) is 6.92 Å². The molecular weight excluding hydrogens is 266 g/mol. The van der Waals surface area contributed by atoms with Crippen molar-refractivity contribution in [2.75, 3.05) is 0 Å². The predicted octanol–water partition coefficient (Wildman–Crippen LogP) is 1.40. The van der Waals surface area contributed by atoms with Crippen molar-refractivity contribution in [2.24, 2.45) is 5.84 Å². The van der Waals surface area contributed by atoms with Crippen LogP contribution in [-0.2, 0) is 0 Å². The summed E-state index contributed by atoms with van der Waals surface area (Å²) in [5, 5.41) is 0.570. The van der Waals surface area contributed by atoms with E-state index < -0.39 is 5.91 Å². The van der Waals surface area contributed by atoms with E-state index in [1.54, 1.807) is 29.7 Å². The standard InChI is InChI=1S/C13H12ClN3O2/c1-8-5-12(18)11(13(19)16-15)7-17(8)10-4-2-3-9(14)6-10/h2-7H,15H2,1H3,(H,16,19). The van der Waals surface area contributed by atoms with Crippen LogP contribution >= 0.6 is 11.6 Å². The Balaban J connectivity index is 2.64. The minimum absolute atomic E-state index is 0.0203. The molecule has 1 amide bonds. The Morgan fingerprint density at radius 3 is 2.74 bits per heavy atom. The van der Waals surface area contributed by atoms with Crippen LogP contribution in [0.3, 0.4) is 0 Å². The molecule has 5 nitrogen and oxygen atoms in total. The molecule has 3 N–H and O–H groups in total. The van der Waals surface area contributed by atoms with Gasteiger partial charge in [0.1, 0.15) is 5.56 Å². The average Bonchev–Trinajstić information content (AvgIpc) is 2.38. The highest BCUT2D eigenvalue weighted by Gasteiger charge is 2.11. The molecule has 0 aliphatic heterocycles. The number of hydrogen-bond donors (Lipinski definition) is 2. The number of benzene rings is 1. The number of amides is 1. The maximum absolute atomic E-state index is 11.7. The van der Waals surface area contributed by atoms with Gasteiger partial charge >= 0.3 is 0 Å². The summed E-state index contributed by atoms with van der Waals surface area (Å²) >= 11 is 5.93. The van der Waals surface area contributed by atoms with E-state index >= 15 is 0 Å². The maximum atomic E-state index is 11.7. The number of rotatable bonds is 2. The molecule has 6 heteroatoms. The Bertz CT molecular complexity index is 695. The molecular formula is C13H12ClN3O2. The van der Waals surface area contributed by atoms with Gasteiger partial charge in [-0.25, -0.2) is 5.84 Å². The van der Waals surface area contributed by atoms with E-state index in [0.29, 0.717) is 10.7 Å². The van der Waals surface area contributed by atoms with Gasteiger partial charge in [0.15, 0.2) is 5.43 Å². The van der Waals surface area contributed by atoms with Crippen LogP contribution in [0.4, 0.5) is 0 Å². The number of halogens is 1. The van der Waals surface area contributed by atoms with Crippen LogP contribution in [0.2, 0.25) is 5.02 Å². The van der Waals surface area contributed by atoms with Crippen molar-refractivity contribution in [1.29, 1.82) is 0 Å². The zero-order valence-corrected chi connectivity index (χ0v) is 10.9. The number of nitrogens with two attached hydrogens (primary N) is 1. The number of nitrogens with zero attached hydrogens (tertiary/aromatic N) is 1. The summed E-state index contributed by atoms with van der Waals surface area (Å²) in [5.74, 6) is 4.43. The van der Waals surface area contributed by atoms with Crippen LogP contribution in [0.5, 0.6) is 0 Å². The predicted molar refractivity (Wildman–Crippen MR) is 73.4 cm³/mol. The highest BCUT2D eigenvalue weighted by atomic mass is 35.5. The quantitative estimate of drug-likeness (QED) is 0.495. The lowest BCUT2D eigenvalue weighted by atomic mass is 10.2. The largest absolute Gasteiger partial charge is 0.320 e. The molecule has 1 heterocycles. The van der Waals surface area contributed by atoms with E-state index in [9.17, 15) is 9.59 Å². The van der Waals surface area contributed by atoms with Crippen molar-refractivity contribution in [3.63, 3.8) is 0 Å². The van der Waals surface area contributed by atoms with Gasteiger partial charge in [0.25, 0.3) is 5.91 Å². The summed E-state index contributed by atoms with van der Waals surface area (Å²) < 4.78 is 1.71. The van der Waals surface area contributed by atoms with Crippen molar-refractivity contribution < 1.29 is 4.79 Å². The Kier molecular flexibility index (Phi) is 3.69. The van der Waals surface area contributed by atoms with Gasteiger partial charge in [0, 0.05) is 28.7 Å². The van der Waals surface area contributed by atoms with Crippen LogP contribution in [0.1, 0.15) is 16.1 Å². The average molecular weight is 278 g/mol. The zero-order valence-electron chi connectivity index (χ0n) is 10.2. The molecule has 2 aromatic rings. The molecule has 0 aliphatic carbocycles. The van der Waals surface area contributed by atoms with E-state index in [0.717, 1.165) is 5.69 Å². The third-order valence-electron chi connectivity index (χ3n) is 2.71. The SMILES string of the molecule is Cc1cc(=O)c(C(=O)NN)cn1-c1cccc(Cl)c1. The third kappa shape index (κ3) is 2.67. The molecule has 0 bridgehead atoms. The Morgan fingerprint density at radius 1 is 1.37 bits per heavy atom. The molecule has 0 fully saturated rings. The fourth-order valence-corrected chi connectivity index (χ4v) is 1.97. The lowest BCUT2D eigenvalue weighted by molar-refractivity contribution is 0.0952. The summed E-state index contributed by atoms with van der Waals surface area (Å²) in [5.41, 5.74) is 3.01. The molecule has 0 saturated carbocycles. The van der Waals surface area contributed by atoms with Crippen LogP contribution in [0.15, 0.2) is 41.3 Å². The summed E-state index contributed by atoms with van der Waals surface area (Å²) in [6.45, 7) is 1.77. The van der Waals surface area contributed by atoms with Gasteiger partial charge in [-0.3, -0.25) is 15.0 Å². The highest BCUT2D eigenvalue weighted by Crippen LogP contribution is 2.16. The molecule has 0 aliphatic rings. The number of pyridine rings is 1. The number of hydrogen-bond acceptors (Lipinski definition) is 3. The van der Waals surface area contributed by atoms with Crippen molar-refractivity contribution in [3.05, 3.63) is 63.0 Å². The second-order valence-electron chi connectivity index (χ2n) is 4.02. The fourth-order valence-electron chi connectivity index (χ4n) is 1.78. The number of nitrogen functional groups attached to an aromatic ring is 1. The van der Waals surface area contributed by atoms with Crippen LogP contribution in [0, 0.1) is 6.92 Å². The Morgan fingerprint density at radius 2 is 2.11 bits per heavy atom. The number of nitrogens with one attached hydrogen (secondary N) is 1. The number of carbonyl (C=O) groups is 1. The first-order valence-electron chi connectivity index (χ1n) is 5.53. The minimum atomic E-state index is -0.624. The first-order chi connectivity index (χ1) is 9.02. The fraction of sp³-hybridized carbons (Fsp3) is 0.0769. The monoisotopic (exact) mass is 277 g/mol. The summed E-state index contributed by atoms with van der Waals surface area (Å²) in [7, 11) is 0. The number of hydrazine groups is 1. The van der Waals surface area contributed by atoms with E-state index in [4.69, 9.17) is 17.4 Å². The molecule has 0 atom stereocenters. The maximum Gasteiger partial charge on any atom is 0.270 e. The molecule has 0 unspecified atom stereocenters. The van der Waals surface area contributed by atoms with Crippen LogP contribution in [-0.4, -0.2) is 10.5 Å². The number of aryl methyl sites for hydroxylation is 1. The molecule has 1 aromatic carbocycles. The summed E-state index contributed by atoms with van der Waals surface area (Å²) in [6, 6.07) is 8.48. The number of carbonyl (C=O) groups excluding carboxylic acids is 1. The minimum Gasteiger partial charge on any atom is -0.320 e. The molecule has 0 spiro atoms. The Labute approximate surface area is 114 Å². The summed E-state index contributed by atoms with van der Waals surface area (Å²) in [4.78, 5) is 23.3.